The topological polar surface area (TPSA) is 74.2 Å². The number of rotatable bonds is 5. The molecule has 1 heterocycles. The van der Waals surface area contributed by atoms with Crippen molar-refractivity contribution in [3.63, 3.8) is 0 Å². The van der Waals surface area contributed by atoms with Crippen LogP contribution in [-0.2, 0) is 16.1 Å². The zero-order valence-corrected chi connectivity index (χ0v) is 14.8. The first-order valence-electron chi connectivity index (χ1n) is 8.72. The molecule has 1 aliphatic rings. The third kappa shape index (κ3) is 5.34. The van der Waals surface area contributed by atoms with E-state index in [9.17, 15) is 14.3 Å². The number of ether oxygens (including phenoxy) is 1. The number of hydrogen-bond donors (Lipinski definition) is 2. The van der Waals surface area contributed by atoms with Gasteiger partial charge in [0.2, 0.25) is 0 Å². The van der Waals surface area contributed by atoms with Gasteiger partial charge in [-0.1, -0.05) is 6.07 Å². The highest BCUT2D eigenvalue weighted by atomic mass is 19.1. The van der Waals surface area contributed by atoms with Gasteiger partial charge in [0.25, 0.3) is 0 Å². The largest absolute Gasteiger partial charge is 0.505 e. The van der Waals surface area contributed by atoms with Crippen LogP contribution in [0.1, 0.15) is 32.3 Å². The van der Waals surface area contributed by atoms with Crippen LogP contribution in [0.2, 0.25) is 0 Å². The summed E-state index contributed by atoms with van der Waals surface area (Å²) in [4.78, 5) is 18.6. The van der Waals surface area contributed by atoms with Gasteiger partial charge in [-0.25, -0.2) is 9.38 Å². The third-order valence-electron chi connectivity index (χ3n) is 4.10. The van der Waals surface area contributed by atoms with Gasteiger partial charge in [0.05, 0.1) is 19.1 Å². The molecule has 0 aliphatic carbocycles. The van der Waals surface area contributed by atoms with E-state index in [-0.39, 0.29) is 17.6 Å². The second kappa shape index (κ2) is 9.25. The molecule has 1 aromatic carbocycles. The first-order valence-corrected chi connectivity index (χ1v) is 8.72. The molecule has 1 unspecified atom stereocenters. The molecule has 1 fully saturated rings. The zero-order chi connectivity index (χ0) is 18.2. The number of benzene rings is 1. The minimum absolute atomic E-state index is 0.149. The highest BCUT2D eigenvalue weighted by molar-refractivity contribution is 5.81. The fourth-order valence-electron chi connectivity index (χ4n) is 2.86. The van der Waals surface area contributed by atoms with Gasteiger partial charge in [0, 0.05) is 19.6 Å². The van der Waals surface area contributed by atoms with E-state index in [1.54, 1.807) is 13.0 Å². The molecule has 0 aromatic heterocycles. The van der Waals surface area contributed by atoms with Crippen LogP contribution in [0.5, 0.6) is 5.75 Å². The van der Waals surface area contributed by atoms with E-state index in [1.165, 1.54) is 12.1 Å². The van der Waals surface area contributed by atoms with Crippen molar-refractivity contribution in [1.82, 2.24) is 10.2 Å². The fraction of sp³-hybridized carbons (Fsp3) is 0.556. The summed E-state index contributed by atoms with van der Waals surface area (Å²) in [6.07, 6.45) is 1.71. The van der Waals surface area contributed by atoms with Gasteiger partial charge in [-0.15, -0.1) is 0 Å². The van der Waals surface area contributed by atoms with Gasteiger partial charge in [0.1, 0.15) is 0 Å². The monoisotopic (exact) mass is 351 g/mol. The Morgan fingerprint density at radius 2 is 2.28 bits per heavy atom. The number of nitrogens with zero attached hydrogens (tertiary/aromatic N) is 2. The first-order chi connectivity index (χ1) is 12.0. The first kappa shape index (κ1) is 19.0. The number of guanidine groups is 1. The molecule has 2 N–H and O–H groups in total. The Kier molecular flexibility index (Phi) is 7.03. The number of aliphatic imine (C=N–C) groups is 1. The van der Waals surface area contributed by atoms with E-state index in [0.29, 0.717) is 37.8 Å². The van der Waals surface area contributed by atoms with Crippen LogP contribution < -0.4 is 5.32 Å². The van der Waals surface area contributed by atoms with Gasteiger partial charge in [-0.05, 0) is 44.4 Å². The Hall–Kier alpha value is -2.31. The van der Waals surface area contributed by atoms with Crippen LogP contribution in [0.25, 0.3) is 0 Å². The molecule has 2 rings (SSSR count). The Balaban J connectivity index is 2.07. The third-order valence-corrected chi connectivity index (χ3v) is 4.10. The van der Waals surface area contributed by atoms with Crippen molar-refractivity contribution in [2.45, 2.75) is 33.2 Å². The van der Waals surface area contributed by atoms with E-state index in [4.69, 9.17) is 4.74 Å². The number of phenols is 1. The van der Waals surface area contributed by atoms with Crippen molar-refractivity contribution in [2.75, 3.05) is 26.2 Å². The summed E-state index contributed by atoms with van der Waals surface area (Å²) < 4.78 is 18.6. The molecule has 138 valence electrons. The Bertz CT molecular complexity index is 622. The van der Waals surface area contributed by atoms with E-state index in [0.717, 1.165) is 19.4 Å². The maximum Gasteiger partial charge on any atom is 0.310 e. The molecule has 7 heteroatoms. The fourth-order valence-corrected chi connectivity index (χ4v) is 2.86. The number of carbonyl (C=O) groups excluding carboxylic acids is 1. The maximum absolute atomic E-state index is 13.4. The predicted molar refractivity (Wildman–Crippen MR) is 93.8 cm³/mol. The lowest BCUT2D eigenvalue weighted by atomic mass is 9.98. The summed E-state index contributed by atoms with van der Waals surface area (Å²) in [5, 5.41) is 12.5. The Morgan fingerprint density at radius 3 is 2.96 bits per heavy atom. The lowest BCUT2D eigenvalue weighted by Gasteiger charge is -2.34. The second-order valence-electron chi connectivity index (χ2n) is 5.99. The van der Waals surface area contributed by atoms with Gasteiger partial charge in [-0.2, -0.15) is 0 Å². The number of carbonyl (C=O) groups is 1. The molecular weight excluding hydrogens is 325 g/mol. The molecule has 1 saturated heterocycles. The van der Waals surface area contributed by atoms with Crippen LogP contribution in [0.15, 0.2) is 23.2 Å². The van der Waals surface area contributed by atoms with Gasteiger partial charge < -0.3 is 20.1 Å². The van der Waals surface area contributed by atoms with Crippen molar-refractivity contribution in [3.8, 4) is 5.75 Å². The highest BCUT2D eigenvalue weighted by Crippen LogP contribution is 2.19. The summed E-state index contributed by atoms with van der Waals surface area (Å²) in [6.45, 7) is 6.53. The minimum atomic E-state index is -0.655. The van der Waals surface area contributed by atoms with E-state index in [1.807, 2.05) is 11.8 Å². The molecule has 0 radical (unpaired) electrons. The molecule has 0 saturated carbocycles. The normalized spacial score (nSPS) is 18.1. The van der Waals surface area contributed by atoms with Crippen LogP contribution in [0.4, 0.5) is 4.39 Å². The number of phenolic OH excluding ortho intramolecular Hbond substituents is 1. The zero-order valence-electron chi connectivity index (χ0n) is 14.8. The predicted octanol–water partition coefficient (Wildman–Crippen LogP) is 2.27. The quantitative estimate of drug-likeness (QED) is 0.484. The molecule has 0 spiro atoms. The summed E-state index contributed by atoms with van der Waals surface area (Å²) in [5.41, 5.74) is 0.671. The Labute approximate surface area is 147 Å². The molecule has 1 aliphatic heterocycles. The molecule has 25 heavy (non-hydrogen) atoms. The number of likely N-dealkylation sites (tertiary alicyclic amines) is 1. The number of halogens is 1. The van der Waals surface area contributed by atoms with Gasteiger partial charge in [-0.3, -0.25) is 4.79 Å². The summed E-state index contributed by atoms with van der Waals surface area (Å²) >= 11 is 0. The number of hydrogen-bond acceptors (Lipinski definition) is 4. The number of aromatic hydroxyl groups is 1. The lowest BCUT2D eigenvalue weighted by Crippen LogP contribution is -2.48. The van der Waals surface area contributed by atoms with Crippen molar-refractivity contribution in [3.05, 3.63) is 29.6 Å². The molecule has 6 nitrogen and oxygen atoms in total. The summed E-state index contributed by atoms with van der Waals surface area (Å²) in [7, 11) is 0. The molecule has 0 amide bonds. The summed E-state index contributed by atoms with van der Waals surface area (Å²) in [6, 6.07) is 4.24. The van der Waals surface area contributed by atoms with Crippen LogP contribution in [0, 0.1) is 11.7 Å². The number of esters is 1. The smallest absolute Gasteiger partial charge is 0.310 e. The van der Waals surface area contributed by atoms with Gasteiger partial charge in [0.15, 0.2) is 17.5 Å². The van der Waals surface area contributed by atoms with Crippen LogP contribution in [-0.4, -0.2) is 48.2 Å². The maximum atomic E-state index is 13.4. The van der Waals surface area contributed by atoms with Crippen molar-refractivity contribution in [1.29, 1.82) is 0 Å². The van der Waals surface area contributed by atoms with E-state index in [2.05, 4.69) is 10.3 Å². The molecule has 1 atom stereocenters. The second-order valence-corrected chi connectivity index (χ2v) is 5.99. The average Bonchev–Trinajstić information content (AvgIpc) is 2.62. The SMILES string of the molecule is CCNC(=NCc1ccc(O)c(F)c1)N1CCCC(C(=O)OCC)C1. The standard InChI is InChI=1S/C18H26FN3O3/c1-3-20-18(21-11-13-7-8-16(23)15(19)10-13)22-9-5-6-14(12-22)17(24)25-4-2/h7-8,10,14,23H,3-6,9,11-12H2,1-2H3,(H,20,21). The number of nitrogens with one attached hydrogen (secondary N) is 1. The minimum Gasteiger partial charge on any atom is -0.505 e. The number of piperidine rings is 1. The van der Waals surface area contributed by atoms with Gasteiger partial charge >= 0.3 is 5.97 Å². The highest BCUT2D eigenvalue weighted by Gasteiger charge is 2.28. The Morgan fingerprint density at radius 1 is 1.48 bits per heavy atom. The summed E-state index contributed by atoms with van der Waals surface area (Å²) in [5.74, 6) is -0.636. The molecular formula is C18H26FN3O3. The lowest BCUT2D eigenvalue weighted by molar-refractivity contribution is -0.149. The van der Waals surface area contributed by atoms with E-state index >= 15 is 0 Å². The molecule has 0 bridgehead atoms. The van der Waals surface area contributed by atoms with E-state index < -0.39 is 5.82 Å². The van der Waals surface area contributed by atoms with Crippen molar-refractivity contribution >= 4 is 11.9 Å². The van der Waals surface area contributed by atoms with Crippen LogP contribution in [0.3, 0.4) is 0 Å². The van der Waals surface area contributed by atoms with Crippen LogP contribution >= 0.6 is 0 Å². The average molecular weight is 351 g/mol. The van der Waals surface area contributed by atoms with Crippen molar-refractivity contribution in [2.24, 2.45) is 10.9 Å². The molecule has 1 aromatic rings. The van der Waals surface area contributed by atoms with Crippen molar-refractivity contribution < 1.29 is 19.0 Å².